The number of piperazine rings is 1. The maximum absolute atomic E-state index is 13.2. The molecule has 0 aliphatic carbocycles. The van der Waals surface area contributed by atoms with Crippen molar-refractivity contribution in [2.45, 2.75) is 39.7 Å². The maximum Gasteiger partial charge on any atom is 0.241 e. The highest BCUT2D eigenvalue weighted by Gasteiger charge is 2.27. The first-order valence-electron chi connectivity index (χ1n) is 9.85. The molecule has 0 bridgehead atoms. The number of halogens is 2. The molecule has 1 saturated heterocycles. The van der Waals surface area contributed by atoms with Gasteiger partial charge in [-0.15, -0.1) is 0 Å². The van der Waals surface area contributed by atoms with Gasteiger partial charge in [-0.25, -0.2) is 14.4 Å². The molecule has 0 unspecified atom stereocenters. The second kappa shape index (κ2) is 9.05. The summed E-state index contributed by atoms with van der Waals surface area (Å²) >= 11 is 6.01. The fraction of sp³-hybridized carbons (Fsp3) is 0.476. The number of benzene rings is 1. The Labute approximate surface area is 176 Å². The van der Waals surface area contributed by atoms with Crippen LogP contribution in [0.4, 0.5) is 15.9 Å². The molecular weight excluding hydrogens is 393 g/mol. The van der Waals surface area contributed by atoms with Crippen molar-refractivity contribution in [3.05, 3.63) is 46.6 Å². The van der Waals surface area contributed by atoms with Crippen molar-refractivity contribution in [2.24, 2.45) is 0 Å². The second-order valence-corrected chi connectivity index (χ2v) is 8.10. The summed E-state index contributed by atoms with van der Waals surface area (Å²) in [4.78, 5) is 26.2. The zero-order chi connectivity index (χ0) is 21.1. The van der Waals surface area contributed by atoms with Gasteiger partial charge >= 0.3 is 0 Å². The van der Waals surface area contributed by atoms with E-state index in [4.69, 9.17) is 16.6 Å². The van der Waals surface area contributed by atoms with Gasteiger partial charge in [0.2, 0.25) is 5.91 Å². The maximum atomic E-state index is 13.2. The minimum absolute atomic E-state index is 0.160. The van der Waals surface area contributed by atoms with Crippen molar-refractivity contribution < 1.29 is 9.18 Å². The molecule has 6 nitrogen and oxygen atoms in total. The van der Waals surface area contributed by atoms with E-state index in [2.05, 4.69) is 33.9 Å². The lowest BCUT2D eigenvalue weighted by Crippen LogP contribution is -2.53. The largest absolute Gasteiger partial charge is 0.354 e. The van der Waals surface area contributed by atoms with Gasteiger partial charge in [-0.2, -0.15) is 0 Å². The number of aromatic nitrogens is 2. The molecule has 0 saturated carbocycles. The monoisotopic (exact) mass is 419 g/mol. The van der Waals surface area contributed by atoms with E-state index in [9.17, 15) is 9.18 Å². The predicted octanol–water partition coefficient (Wildman–Crippen LogP) is 3.85. The van der Waals surface area contributed by atoms with Crippen LogP contribution < -0.4 is 10.2 Å². The van der Waals surface area contributed by atoms with Gasteiger partial charge in [0.15, 0.2) is 0 Å². The molecule has 0 spiro atoms. The van der Waals surface area contributed by atoms with Crippen molar-refractivity contribution in [3.8, 4) is 0 Å². The molecule has 1 atom stereocenters. The SMILES string of the molecule is Cc1cc(N2CCN([C@H](C)C(=O)Nc3ccc(F)cc3Cl)CC2)nc(C(C)C)n1. The van der Waals surface area contributed by atoms with Gasteiger partial charge in [0, 0.05) is 43.9 Å². The van der Waals surface area contributed by atoms with Gasteiger partial charge in [0.1, 0.15) is 17.5 Å². The molecular formula is C21H27ClFN5O. The summed E-state index contributed by atoms with van der Waals surface area (Å²) in [5, 5.41) is 2.98. The zero-order valence-corrected chi connectivity index (χ0v) is 18.0. The number of nitrogens with zero attached hydrogens (tertiary/aromatic N) is 4. The standard InChI is InChI=1S/C21H27ClFN5O/c1-13(2)20-24-14(3)11-19(26-20)28-9-7-27(8-10-28)15(4)21(29)25-18-6-5-16(23)12-17(18)22/h5-6,11-13,15H,7-10H2,1-4H3,(H,25,29)/t15-/m1/s1. The highest BCUT2D eigenvalue weighted by molar-refractivity contribution is 6.33. The number of hydrogen-bond acceptors (Lipinski definition) is 5. The van der Waals surface area contributed by atoms with Gasteiger partial charge in [-0.3, -0.25) is 9.69 Å². The molecule has 3 rings (SSSR count). The molecule has 1 aliphatic rings. The first-order valence-corrected chi connectivity index (χ1v) is 10.2. The van der Waals surface area contributed by atoms with Crippen molar-refractivity contribution in [1.29, 1.82) is 0 Å². The Morgan fingerprint density at radius 3 is 2.45 bits per heavy atom. The molecule has 1 aromatic heterocycles. The van der Waals surface area contributed by atoms with Crippen molar-refractivity contribution in [2.75, 3.05) is 36.4 Å². The van der Waals surface area contributed by atoms with E-state index in [0.717, 1.165) is 43.5 Å². The molecule has 0 radical (unpaired) electrons. The molecule has 8 heteroatoms. The van der Waals surface area contributed by atoms with Crippen LogP contribution in [0.5, 0.6) is 0 Å². The number of aryl methyl sites for hydroxylation is 1. The summed E-state index contributed by atoms with van der Waals surface area (Å²) in [6, 6.07) is 5.63. The van der Waals surface area contributed by atoms with Crippen LogP contribution in [0, 0.1) is 12.7 Å². The number of rotatable bonds is 5. The molecule has 1 aromatic carbocycles. The van der Waals surface area contributed by atoms with E-state index >= 15 is 0 Å². The number of anilines is 2. The number of nitrogens with one attached hydrogen (secondary N) is 1. The summed E-state index contributed by atoms with van der Waals surface area (Å²) < 4.78 is 13.2. The van der Waals surface area contributed by atoms with Gasteiger partial charge in [0.25, 0.3) is 0 Å². The second-order valence-electron chi connectivity index (χ2n) is 7.69. The zero-order valence-electron chi connectivity index (χ0n) is 17.2. The van der Waals surface area contributed by atoms with Crippen LogP contribution in [0.1, 0.15) is 38.2 Å². The topological polar surface area (TPSA) is 61.4 Å². The highest BCUT2D eigenvalue weighted by Crippen LogP contribution is 2.23. The van der Waals surface area contributed by atoms with Crippen LogP contribution in [0.25, 0.3) is 0 Å². The quantitative estimate of drug-likeness (QED) is 0.797. The third kappa shape index (κ3) is 5.22. The van der Waals surface area contributed by atoms with Gasteiger partial charge < -0.3 is 10.2 Å². The minimum atomic E-state index is -0.433. The highest BCUT2D eigenvalue weighted by atomic mass is 35.5. The average molecular weight is 420 g/mol. The number of hydrogen-bond donors (Lipinski definition) is 1. The van der Waals surface area contributed by atoms with E-state index in [-0.39, 0.29) is 22.9 Å². The van der Waals surface area contributed by atoms with Crippen LogP contribution in [0.2, 0.25) is 5.02 Å². The summed E-state index contributed by atoms with van der Waals surface area (Å²) in [5.41, 5.74) is 1.38. The summed E-state index contributed by atoms with van der Waals surface area (Å²) in [7, 11) is 0. The van der Waals surface area contributed by atoms with Gasteiger partial charge in [-0.05, 0) is 32.0 Å². The Balaban J connectivity index is 1.60. The Morgan fingerprint density at radius 2 is 1.83 bits per heavy atom. The summed E-state index contributed by atoms with van der Waals surface area (Å²) in [5.74, 6) is 1.48. The normalized spacial score (nSPS) is 16.2. The first kappa shape index (κ1) is 21.5. The third-order valence-corrected chi connectivity index (χ3v) is 5.44. The summed E-state index contributed by atoms with van der Waals surface area (Å²) in [6.45, 7) is 11.1. The summed E-state index contributed by atoms with van der Waals surface area (Å²) in [6.07, 6.45) is 0. The molecule has 1 aliphatic heterocycles. The van der Waals surface area contributed by atoms with Crippen molar-refractivity contribution in [3.63, 3.8) is 0 Å². The van der Waals surface area contributed by atoms with Crippen LogP contribution in [0.3, 0.4) is 0 Å². The Bertz CT molecular complexity index is 883. The molecule has 2 heterocycles. The lowest BCUT2D eigenvalue weighted by Gasteiger charge is -2.38. The molecule has 1 fully saturated rings. The Kier molecular flexibility index (Phi) is 6.70. The van der Waals surface area contributed by atoms with E-state index < -0.39 is 5.82 Å². The predicted molar refractivity (Wildman–Crippen MR) is 114 cm³/mol. The van der Waals surface area contributed by atoms with Gasteiger partial charge in [-0.1, -0.05) is 25.4 Å². The van der Waals surface area contributed by atoms with Crippen molar-refractivity contribution in [1.82, 2.24) is 14.9 Å². The van der Waals surface area contributed by atoms with Gasteiger partial charge in [0.05, 0.1) is 16.8 Å². The lowest BCUT2D eigenvalue weighted by atomic mass is 10.2. The van der Waals surface area contributed by atoms with Crippen LogP contribution in [-0.4, -0.2) is 53.0 Å². The molecule has 1 N–H and O–H groups in total. The molecule has 2 aromatic rings. The number of amides is 1. The van der Waals surface area contributed by atoms with Crippen molar-refractivity contribution >= 4 is 29.0 Å². The minimum Gasteiger partial charge on any atom is -0.354 e. The van der Waals surface area contributed by atoms with Crippen LogP contribution in [0.15, 0.2) is 24.3 Å². The van der Waals surface area contributed by atoms with Crippen LogP contribution in [-0.2, 0) is 4.79 Å². The molecule has 1 amide bonds. The smallest absolute Gasteiger partial charge is 0.241 e. The number of carbonyl (C=O) groups excluding carboxylic acids is 1. The van der Waals surface area contributed by atoms with E-state index in [1.165, 1.54) is 18.2 Å². The van der Waals surface area contributed by atoms with E-state index in [1.807, 2.05) is 19.9 Å². The van der Waals surface area contributed by atoms with E-state index in [0.29, 0.717) is 5.69 Å². The third-order valence-electron chi connectivity index (χ3n) is 5.13. The fourth-order valence-corrected chi connectivity index (χ4v) is 3.54. The lowest BCUT2D eigenvalue weighted by molar-refractivity contribution is -0.120. The fourth-order valence-electron chi connectivity index (χ4n) is 3.33. The molecule has 29 heavy (non-hydrogen) atoms. The van der Waals surface area contributed by atoms with E-state index in [1.54, 1.807) is 0 Å². The first-order chi connectivity index (χ1) is 13.7. The average Bonchev–Trinajstić information content (AvgIpc) is 2.69. The number of carbonyl (C=O) groups is 1. The van der Waals surface area contributed by atoms with Crippen LogP contribution >= 0.6 is 11.6 Å². The Morgan fingerprint density at radius 1 is 1.14 bits per heavy atom. The molecule has 156 valence electrons. The Hall–Kier alpha value is -2.25.